The summed E-state index contributed by atoms with van der Waals surface area (Å²) < 4.78 is 7.06. The molecule has 0 spiro atoms. The van der Waals surface area contributed by atoms with Gasteiger partial charge in [-0.25, -0.2) is 0 Å². The minimum absolute atomic E-state index is 0.658. The summed E-state index contributed by atoms with van der Waals surface area (Å²) in [7, 11) is 0. The standard InChI is InChI=1S/C15H11IN2O/c16-10-3-1-4-11(9-10)19-14-7-8-18-15-12(14)5-2-6-13(15)17/h1-9H,17H2. The summed E-state index contributed by atoms with van der Waals surface area (Å²) in [6, 6.07) is 15.5. The third-order valence-corrected chi connectivity index (χ3v) is 3.46. The summed E-state index contributed by atoms with van der Waals surface area (Å²) in [5.41, 5.74) is 7.35. The molecule has 0 saturated heterocycles. The van der Waals surface area contributed by atoms with E-state index in [2.05, 4.69) is 27.6 Å². The summed E-state index contributed by atoms with van der Waals surface area (Å²) in [5.74, 6) is 1.57. The fourth-order valence-corrected chi connectivity index (χ4v) is 2.43. The van der Waals surface area contributed by atoms with E-state index in [1.165, 1.54) is 0 Å². The van der Waals surface area contributed by atoms with Crippen molar-refractivity contribution in [2.45, 2.75) is 0 Å². The molecule has 94 valence electrons. The van der Waals surface area contributed by atoms with E-state index >= 15 is 0 Å². The van der Waals surface area contributed by atoms with Crippen LogP contribution in [0.5, 0.6) is 11.5 Å². The van der Waals surface area contributed by atoms with Gasteiger partial charge in [0.05, 0.1) is 11.2 Å². The van der Waals surface area contributed by atoms with E-state index in [0.29, 0.717) is 5.69 Å². The van der Waals surface area contributed by atoms with Crippen molar-refractivity contribution in [1.82, 2.24) is 4.98 Å². The molecule has 19 heavy (non-hydrogen) atoms. The third-order valence-electron chi connectivity index (χ3n) is 2.79. The average Bonchev–Trinajstić information content (AvgIpc) is 2.40. The fourth-order valence-electron chi connectivity index (χ4n) is 1.92. The highest BCUT2D eigenvalue weighted by atomic mass is 127. The second-order valence-corrected chi connectivity index (χ2v) is 5.36. The molecule has 4 heteroatoms. The first-order chi connectivity index (χ1) is 9.24. The molecule has 0 aliphatic heterocycles. The first kappa shape index (κ1) is 12.2. The number of nitrogens with two attached hydrogens (primary N) is 1. The number of pyridine rings is 1. The lowest BCUT2D eigenvalue weighted by Crippen LogP contribution is -1.92. The molecule has 1 heterocycles. The van der Waals surface area contributed by atoms with Crippen LogP contribution in [0.3, 0.4) is 0 Å². The van der Waals surface area contributed by atoms with Gasteiger partial charge in [0.15, 0.2) is 0 Å². The maximum Gasteiger partial charge on any atom is 0.138 e. The van der Waals surface area contributed by atoms with E-state index in [-0.39, 0.29) is 0 Å². The van der Waals surface area contributed by atoms with Gasteiger partial charge in [0.1, 0.15) is 11.5 Å². The maximum absolute atomic E-state index is 5.93. The fraction of sp³-hybridized carbons (Fsp3) is 0. The molecular formula is C15H11IN2O. The van der Waals surface area contributed by atoms with Crippen LogP contribution in [0, 0.1) is 3.57 Å². The quantitative estimate of drug-likeness (QED) is 0.549. The number of hydrogen-bond donors (Lipinski definition) is 1. The van der Waals surface area contributed by atoms with Gasteiger partial charge < -0.3 is 10.5 Å². The number of nitrogens with zero attached hydrogens (tertiary/aromatic N) is 1. The Bertz CT molecular complexity index is 743. The zero-order valence-electron chi connectivity index (χ0n) is 10.0. The summed E-state index contributed by atoms with van der Waals surface area (Å²) in [6.45, 7) is 0. The Hall–Kier alpha value is -1.82. The van der Waals surface area contributed by atoms with Crippen LogP contribution in [-0.4, -0.2) is 4.98 Å². The van der Waals surface area contributed by atoms with Gasteiger partial charge in [-0.05, 0) is 59.0 Å². The van der Waals surface area contributed by atoms with Crippen LogP contribution in [0.15, 0.2) is 54.7 Å². The van der Waals surface area contributed by atoms with Crippen molar-refractivity contribution < 1.29 is 4.74 Å². The number of hydrogen-bond acceptors (Lipinski definition) is 3. The number of benzene rings is 2. The van der Waals surface area contributed by atoms with Gasteiger partial charge in [0, 0.05) is 15.2 Å². The van der Waals surface area contributed by atoms with Crippen LogP contribution in [0.25, 0.3) is 10.9 Å². The molecule has 1 aromatic heterocycles. The van der Waals surface area contributed by atoms with Gasteiger partial charge >= 0.3 is 0 Å². The van der Waals surface area contributed by atoms with Crippen molar-refractivity contribution in [3.63, 3.8) is 0 Å². The monoisotopic (exact) mass is 362 g/mol. The molecule has 0 radical (unpaired) electrons. The highest BCUT2D eigenvalue weighted by Gasteiger charge is 2.06. The molecule has 3 aromatic rings. The van der Waals surface area contributed by atoms with Crippen LogP contribution in [0.4, 0.5) is 5.69 Å². The molecule has 0 fully saturated rings. The van der Waals surface area contributed by atoms with Crippen LogP contribution in [0.1, 0.15) is 0 Å². The van der Waals surface area contributed by atoms with Crippen molar-refractivity contribution >= 4 is 39.2 Å². The van der Waals surface area contributed by atoms with Gasteiger partial charge in [0.25, 0.3) is 0 Å². The highest BCUT2D eigenvalue weighted by Crippen LogP contribution is 2.31. The highest BCUT2D eigenvalue weighted by molar-refractivity contribution is 14.1. The average molecular weight is 362 g/mol. The Labute approximate surface area is 124 Å². The number of rotatable bonds is 2. The number of fused-ring (bicyclic) bond motifs is 1. The Kier molecular flexibility index (Phi) is 3.25. The molecule has 3 nitrogen and oxygen atoms in total. The van der Waals surface area contributed by atoms with Gasteiger partial charge in [0.2, 0.25) is 0 Å². The third kappa shape index (κ3) is 2.49. The van der Waals surface area contributed by atoms with Gasteiger partial charge in [-0.1, -0.05) is 12.1 Å². The smallest absolute Gasteiger partial charge is 0.138 e. The van der Waals surface area contributed by atoms with E-state index in [4.69, 9.17) is 10.5 Å². The minimum atomic E-state index is 0.658. The molecule has 0 unspecified atom stereocenters. The topological polar surface area (TPSA) is 48.1 Å². The summed E-state index contributed by atoms with van der Waals surface area (Å²) >= 11 is 2.26. The lowest BCUT2D eigenvalue weighted by atomic mass is 10.2. The van der Waals surface area contributed by atoms with Gasteiger partial charge in [-0.2, -0.15) is 0 Å². The number of halogens is 1. The predicted molar refractivity (Wildman–Crippen MR) is 85.4 cm³/mol. The van der Waals surface area contributed by atoms with E-state index < -0.39 is 0 Å². The Morgan fingerprint density at radius 2 is 1.89 bits per heavy atom. The SMILES string of the molecule is Nc1cccc2c(Oc3cccc(I)c3)ccnc12. The molecule has 0 saturated carbocycles. The zero-order valence-corrected chi connectivity index (χ0v) is 12.2. The lowest BCUT2D eigenvalue weighted by Gasteiger charge is -2.09. The normalized spacial score (nSPS) is 10.6. The Morgan fingerprint density at radius 3 is 2.74 bits per heavy atom. The van der Waals surface area contributed by atoms with Crippen LogP contribution in [0.2, 0.25) is 0 Å². The summed E-state index contributed by atoms with van der Waals surface area (Å²) in [4.78, 5) is 4.29. The molecule has 2 aromatic carbocycles. The van der Waals surface area contributed by atoms with Gasteiger partial charge in [-0.15, -0.1) is 0 Å². The van der Waals surface area contributed by atoms with Crippen LogP contribution >= 0.6 is 22.6 Å². The van der Waals surface area contributed by atoms with Crippen LogP contribution in [-0.2, 0) is 0 Å². The molecule has 3 rings (SSSR count). The first-order valence-corrected chi connectivity index (χ1v) is 6.88. The Balaban J connectivity index is 2.08. The van der Waals surface area contributed by atoms with Crippen LogP contribution < -0.4 is 10.5 Å². The number of ether oxygens (including phenoxy) is 1. The number of nitrogen functional groups attached to an aromatic ring is 1. The van der Waals surface area contributed by atoms with E-state index in [9.17, 15) is 0 Å². The van der Waals surface area contributed by atoms with E-state index in [0.717, 1.165) is 26.0 Å². The largest absolute Gasteiger partial charge is 0.457 e. The van der Waals surface area contributed by atoms with Crippen molar-refractivity contribution in [2.24, 2.45) is 0 Å². The predicted octanol–water partition coefficient (Wildman–Crippen LogP) is 4.21. The van der Waals surface area contributed by atoms with E-state index in [1.54, 1.807) is 6.20 Å². The molecular weight excluding hydrogens is 351 g/mol. The second-order valence-electron chi connectivity index (χ2n) is 4.11. The van der Waals surface area contributed by atoms with Gasteiger partial charge in [-0.3, -0.25) is 4.98 Å². The summed E-state index contributed by atoms with van der Waals surface area (Å²) in [5, 5.41) is 0.918. The molecule has 0 bridgehead atoms. The molecule has 0 amide bonds. The van der Waals surface area contributed by atoms with Crippen molar-refractivity contribution in [2.75, 3.05) is 5.73 Å². The molecule has 0 atom stereocenters. The molecule has 2 N–H and O–H groups in total. The molecule has 0 aliphatic carbocycles. The number of anilines is 1. The Morgan fingerprint density at radius 1 is 1.05 bits per heavy atom. The molecule has 0 aliphatic rings. The lowest BCUT2D eigenvalue weighted by molar-refractivity contribution is 0.487. The van der Waals surface area contributed by atoms with Crippen molar-refractivity contribution in [1.29, 1.82) is 0 Å². The maximum atomic E-state index is 5.93. The number of aromatic nitrogens is 1. The minimum Gasteiger partial charge on any atom is -0.457 e. The van der Waals surface area contributed by atoms with Crippen molar-refractivity contribution in [3.8, 4) is 11.5 Å². The van der Waals surface area contributed by atoms with E-state index in [1.807, 2.05) is 48.5 Å². The van der Waals surface area contributed by atoms with Crippen molar-refractivity contribution in [3.05, 3.63) is 58.3 Å². The first-order valence-electron chi connectivity index (χ1n) is 5.81. The number of para-hydroxylation sites is 1. The summed E-state index contributed by atoms with van der Waals surface area (Å²) in [6.07, 6.45) is 1.71. The zero-order chi connectivity index (χ0) is 13.2. The second kappa shape index (κ2) is 5.05.